The normalized spacial score (nSPS) is 33.5. The van der Waals surface area contributed by atoms with Gasteiger partial charge in [0.25, 0.3) is 0 Å². The highest BCUT2D eigenvalue weighted by Crippen LogP contribution is 2.37. The molecule has 0 heteroatoms. The van der Waals surface area contributed by atoms with Crippen molar-refractivity contribution in [3.05, 3.63) is 23.8 Å². The number of rotatable bonds is 4. The Morgan fingerprint density at radius 1 is 1.18 bits per heavy atom. The first-order chi connectivity index (χ1) is 8.29. The molecule has 0 radical (unpaired) electrons. The minimum atomic E-state index is 0.764. The van der Waals surface area contributed by atoms with Gasteiger partial charge in [-0.2, -0.15) is 0 Å². The van der Waals surface area contributed by atoms with E-state index in [1.165, 1.54) is 51.4 Å². The Morgan fingerprint density at radius 2 is 1.94 bits per heavy atom. The van der Waals surface area contributed by atoms with Crippen LogP contribution in [0, 0.1) is 17.8 Å². The predicted molar refractivity (Wildman–Crippen MR) is 76.0 cm³/mol. The Labute approximate surface area is 107 Å². The number of unbranched alkanes of at least 4 members (excludes halogenated alkanes) is 1. The van der Waals surface area contributed by atoms with Gasteiger partial charge in [0.1, 0.15) is 0 Å². The monoisotopic (exact) mass is 232 g/mol. The Balaban J connectivity index is 1.77. The van der Waals surface area contributed by atoms with E-state index in [0.29, 0.717) is 0 Å². The lowest BCUT2D eigenvalue weighted by Crippen LogP contribution is -2.16. The summed E-state index contributed by atoms with van der Waals surface area (Å²) in [6, 6.07) is 0. The van der Waals surface area contributed by atoms with Gasteiger partial charge in [-0.05, 0) is 55.4 Å². The molecule has 1 saturated carbocycles. The third-order valence-electron chi connectivity index (χ3n) is 4.63. The molecule has 0 aromatic carbocycles. The SMILES string of the molecule is CCCCC1CCC(C2=CCC(C)C=C2)CC1. The molecule has 2 aliphatic carbocycles. The van der Waals surface area contributed by atoms with Crippen molar-refractivity contribution in [2.45, 2.75) is 65.2 Å². The van der Waals surface area contributed by atoms with Crippen LogP contribution in [-0.2, 0) is 0 Å². The highest BCUT2D eigenvalue weighted by atomic mass is 14.3. The first kappa shape index (κ1) is 12.9. The predicted octanol–water partition coefficient (Wildman–Crippen LogP) is 5.51. The van der Waals surface area contributed by atoms with Gasteiger partial charge in [-0.25, -0.2) is 0 Å². The van der Waals surface area contributed by atoms with Crippen LogP contribution in [-0.4, -0.2) is 0 Å². The van der Waals surface area contributed by atoms with Crippen molar-refractivity contribution in [2.24, 2.45) is 17.8 Å². The van der Waals surface area contributed by atoms with Crippen LogP contribution in [0.1, 0.15) is 65.2 Å². The summed E-state index contributed by atoms with van der Waals surface area (Å²) >= 11 is 0. The minimum absolute atomic E-state index is 0.764. The maximum atomic E-state index is 2.50. The van der Waals surface area contributed by atoms with Crippen molar-refractivity contribution in [1.82, 2.24) is 0 Å². The lowest BCUT2D eigenvalue weighted by atomic mass is 9.75. The van der Waals surface area contributed by atoms with E-state index in [-0.39, 0.29) is 0 Å². The second kappa shape index (κ2) is 6.42. The van der Waals surface area contributed by atoms with Crippen LogP contribution in [0.25, 0.3) is 0 Å². The molecule has 96 valence electrons. The molecule has 0 aromatic rings. The van der Waals surface area contributed by atoms with E-state index >= 15 is 0 Å². The van der Waals surface area contributed by atoms with Gasteiger partial charge in [-0.15, -0.1) is 0 Å². The number of hydrogen-bond acceptors (Lipinski definition) is 0. The molecule has 0 aromatic heterocycles. The molecule has 0 aliphatic heterocycles. The van der Waals surface area contributed by atoms with E-state index in [0.717, 1.165) is 17.8 Å². The highest BCUT2D eigenvalue weighted by molar-refractivity contribution is 5.26. The summed E-state index contributed by atoms with van der Waals surface area (Å²) in [4.78, 5) is 0. The van der Waals surface area contributed by atoms with Crippen LogP contribution in [0.5, 0.6) is 0 Å². The van der Waals surface area contributed by atoms with Gasteiger partial charge in [-0.3, -0.25) is 0 Å². The molecule has 0 nitrogen and oxygen atoms in total. The highest BCUT2D eigenvalue weighted by Gasteiger charge is 2.23. The molecule has 2 aliphatic rings. The summed E-state index contributed by atoms with van der Waals surface area (Å²) in [5.41, 5.74) is 1.65. The minimum Gasteiger partial charge on any atom is -0.0811 e. The summed E-state index contributed by atoms with van der Waals surface area (Å²) in [5, 5.41) is 0. The fourth-order valence-corrected chi connectivity index (χ4v) is 3.32. The Kier molecular flexibility index (Phi) is 4.88. The summed E-state index contributed by atoms with van der Waals surface area (Å²) in [7, 11) is 0. The molecule has 0 amide bonds. The lowest BCUT2D eigenvalue weighted by Gasteiger charge is -2.30. The molecule has 17 heavy (non-hydrogen) atoms. The molecule has 0 spiro atoms. The zero-order chi connectivity index (χ0) is 12.1. The second-order valence-electron chi connectivity index (χ2n) is 6.14. The van der Waals surface area contributed by atoms with E-state index in [1.807, 2.05) is 0 Å². The molecule has 1 fully saturated rings. The van der Waals surface area contributed by atoms with Gasteiger partial charge in [0.15, 0.2) is 0 Å². The largest absolute Gasteiger partial charge is 0.0811 e. The third kappa shape index (κ3) is 3.72. The van der Waals surface area contributed by atoms with Crippen molar-refractivity contribution in [3.63, 3.8) is 0 Å². The van der Waals surface area contributed by atoms with Crippen LogP contribution < -0.4 is 0 Å². The smallest absolute Gasteiger partial charge is 0.0165 e. The molecular formula is C17H28. The average Bonchev–Trinajstić information content (AvgIpc) is 2.38. The summed E-state index contributed by atoms with van der Waals surface area (Å²) in [5.74, 6) is 2.69. The van der Waals surface area contributed by atoms with Crippen LogP contribution in [0.3, 0.4) is 0 Å². The van der Waals surface area contributed by atoms with Crippen LogP contribution >= 0.6 is 0 Å². The van der Waals surface area contributed by atoms with E-state index < -0.39 is 0 Å². The molecule has 2 rings (SSSR count). The third-order valence-corrected chi connectivity index (χ3v) is 4.63. The maximum absolute atomic E-state index is 2.50. The van der Waals surface area contributed by atoms with Crippen LogP contribution in [0.15, 0.2) is 23.8 Å². The molecule has 0 heterocycles. The number of hydrogen-bond donors (Lipinski definition) is 0. The average molecular weight is 232 g/mol. The van der Waals surface area contributed by atoms with Gasteiger partial charge in [0.2, 0.25) is 0 Å². The Bertz CT molecular complexity index is 276. The standard InChI is InChI=1S/C17H28/c1-3-4-5-15-8-12-17(13-9-15)16-10-6-14(2)7-11-16/h6,10-11,14-15,17H,3-5,7-9,12-13H2,1-2H3. The summed E-state index contributed by atoms with van der Waals surface area (Å²) < 4.78 is 0. The van der Waals surface area contributed by atoms with E-state index in [9.17, 15) is 0 Å². The zero-order valence-corrected chi connectivity index (χ0v) is 11.6. The van der Waals surface area contributed by atoms with Crippen molar-refractivity contribution in [2.75, 3.05) is 0 Å². The fourth-order valence-electron chi connectivity index (χ4n) is 3.32. The quantitative estimate of drug-likeness (QED) is 0.600. The summed E-state index contributed by atoms with van der Waals surface area (Å²) in [6.45, 7) is 4.62. The van der Waals surface area contributed by atoms with Gasteiger partial charge < -0.3 is 0 Å². The van der Waals surface area contributed by atoms with Crippen molar-refractivity contribution >= 4 is 0 Å². The van der Waals surface area contributed by atoms with Crippen LogP contribution in [0.4, 0.5) is 0 Å². The molecule has 0 saturated heterocycles. The first-order valence-electron chi connectivity index (χ1n) is 7.67. The van der Waals surface area contributed by atoms with Crippen molar-refractivity contribution < 1.29 is 0 Å². The molecule has 0 N–H and O–H groups in total. The zero-order valence-electron chi connectivity index (χ0n) is 11.6. The topological polar surface area (TPSA) is 0 Å². The maximum Gasteiger partial charge on any atom is -0.0165 e. The Morgan fingerprint density at radius 3 is 2.53 bits per heavy atom. The van der Waals surface area contributed by atoms with Gasteiger partial charge >= 0.3 is 0 Å². The molecule has 1 atom stereocenters. The van der Waals surface area contributed by atoms with E-state index in [1.54, 1.807) is 5.57 Å². The lowest BCUT2D eigenvalue weighted by molar-refractivity contribution is 0.284. The first-order valence-corrected chi connectivity index (χ1v) is 7.67. The van der Waals surface area contributed by atoms with Gasteiger partial charge in [0.05, 0.1) is 0 Å². The van der Waals surface area contributed by atoms with Gasteiger partial charge in [0, 0.05) is 0 Å². The summed E-state index contributed by atoms with van der Waals surface area (Å²) in [6.07, 6.45) is 18.7. The fraction of sp³-hybridized carbons (Fsp3) is 0.765. The Hall–Kier alpha value is -0.520. The van der Waals surface area contributed by atoms with Crippen molar-refractivity contribution in [1.29, 1.82) is 0 Å². The van der Waals surface area contributed by atoms with Crippen molar-refractivity contribution in [3.8, 4) is 0 Å². The molecule has 0 bridgehead atoms. The van der Waals surface area contributed by atoms with E-state index in [2.05, 4.69) is 32.1 Å². The van der Waals surface area contributed by atoms with E-state index in [4.69, 9.17) is 0 Å². The molecule has 1 unspecified atom stereocenters. The number of allylic oxidation sites excluding steroid dienone is 4. The second-order valence-corrected chi connectivity index (χ2v) is 6.14. The van der Waals surface area contributed by atoms with Gasteiger partial charge in [-0.1, -0.05) is 51.3 Å². The molecular weight excluding hydrogens is 204 g/mol. The van der Waals surface area contributed by atoms with Crippen LogP contribution in [0.2, 0.25) is 0 Å².